The van der Waals surface area contributed by atoms with Crippen LogP contribution in [-0.2, 0) is 13.5 Å². The lowest BCUT2D eigenvalue weighted by Gasteiger charge is -2.13. The predicted octanol–water partition coefficient (Wildman–Crippen LogP) is 2.99. The van der Waals surface area contributed by atoms with Crippen LogP contribution in [0, 0.1) is 0 Å². The maximum absolute atomic E-state index is 12.3. The van der Waals surface area contributed by atoms with Gasteiger partial charge in [0.1, 0.15) is 5.69 Å². The number of aryl methyl sites for hydroxylation is 2. The van der Waals surface area contributed by atoms with Crippen LogP contribution in [0.15, 0.2) is 48.5 Å². The molecule has 1 amide bonds. The van der Waals surface area contributed by atoms with Crippen molar-refractivity contribution in [3.8, 4) is 0 Å². The first-order valence-electron chi connectivity index (χ1n) is 8.56. The summed E-state index contributed by atoms with van der Waals surface area (Å²) in [4.78, 5) is 12.3. The molecule has 0 aliphatic heterocycles. The lowest BCUT2D eigenvalue weighted by molar-refractivity contribution is 0.0907. The minimum absolute atomic E-state index is 0.158. The summed E-state index contributed by atoms with van der Waals surface area (Å²) in [6, 6.07) is 15.6. The van der Waals surface area contributed by atoms with Gasteiger partial charge in [0.2, 0.25) is 0 Å². The SMILES string of the molecule is CCCc1cc(C(=O)NCC(O)c2ccc3ccccc3c2)n(C)n1. The quantitative estimate of drug-likeness (QED) is 0.727. The molecule has 3 rings (SSSR count). The number of hydrogen-bond acceptors (Lipinski definition) is 3. The van der Waals surface area contributed by atoms with Crippen LogP contribution in [0.4, 0.5) is 0 Å². The highest BCUT2D eigenvalue weighted by atomic mass is 16.3. The fourth-order valence-corrected chi connectivity index (χ4v) is 2.93. The highest BCUT2D eigenvalue weighted by Gasteiger charge is 2.15. The normalized spacial score (nSPS) is 12.3. The summed E-state index contributed by atoms with van der Waals surface area (Å²) in [6.07, 6.45) is 1.08. The zero-order valence-electron chi connectivity index (χ0n) is 14.6. The highest BCUT2D eigenvalue weighted by molar-refractivity contribution is 5.92. The number of nitrogens with zero attached hydrogens (tertiary/aromatic N) is 2. The third kappa shape index (κ3) is 3.88. The zero-order valence-corrected chi connectivity index (χ0v) is 14.6. The van der Waals surface area contributed by atoms with Gasteiger partial charge in [0, 0.05) is 13.6 Å². The van der Waals surface area contributed by atoms with Crippen LogP contribution in [0.2, 0.25) is 0 Å². The van der Waals surface area contributed by atoms with Crippen molar-refractivity contribution in [3.05, 3.63) is 65.5 Å². The molecule has 2 N–H and O–H groups in total. The predicted molar refractivity (Wildman–Crippen MR) is 98.4 cm³/mol. The maximum Gasteiger partial charge on any atom is 0.269 e. The smallest absolute Gasteiger partial charge is 0.269 e. The Labute approximate surface area is 147 Å². The number of fused-ring (bicyclic) bond motifs is 1. The van der Waals surface area contributed by atoms with E-state index in [9.17, 15) is 9.90 Å². The second-order valence-corrected chi connectivity index (χ2v) is 6.23. The van der Waals surface area contributed by atoms with Crippen LogP contribution in [0.1, 0.15) is 41.2 Å². The van der Waals surface area contributed by atoms with Gasteiger partial charge in [-0.05, 0) is 34.9 Å². The summed E-state index contributed by atoms with van der Waals surface area (Å²) in [6.45, 7) is 2.24. The van der Waals surface area contributed by atoms with Crippen LogP contribution in [0.5, 0.6) is 0 Å². The number of aliphatic hydroxyl groups is 1. The second kappa shape index (κ2) is 7.49. The van der Waals surface area contributed by atoms with Crippen LogP contribution >= 0.6 is 0 Å². The van der Waals surface area contributed by atoms with Crippen molar-refractivity contribution in [2.45, 2.75) is 25.9 Å². The summed E-state index contributed by atoms with van der Waals surface area (Å²) in [7, 11) is 1.76. The summed E-state index contributed by atoms with van der Waals surface area (Å²) in [5, 5.41) is 19.7. The number of nitrogens with one attached hydrogen (secondary N) is 1. The molecular formula is C20H23N3O2. The second-order valence-electron chi connectivity index (χ2n) is 6.23. The molecule has 1 aromatic heterocycles. The Kier molecular flexibility index (Phi) is 5.14. The van der Waals surface area contributed by atoms with E-state index in [-0.39, 0.29) is 12.5 Å². The summed E-state index contributed by atoms with van der Waals surface area (Å²) in [5.41, 5.74) is 2.20. The molecule has 25 heavy (non-hydrogen) atoms. The van der Waals surface area contributed by atoms with Crippen LogP contribution in [-0.4, -0.2) is 27.3 Å². The number of benzene rings is 2. The van der Waals surface area contributed by atoms with Gasteiger partial charge in [-0.2, -0.15) is 5.10 Å². The largest absolute Gasteiger partial charge is 0.387 e. The Hall–Kier alpha value is -2.66. The van der Waals surface area contributed by atoms with Gasteiger partial charge in [0.15, 0.2) is 0 Å². The van der Waals surface area contributed by atoms with Crippen molar-refractivity contribution in [1.82, 2.24) is 15.1 Å². The molecule has 2 aromatic carbocycles. The van der Waals surface area contributed by atoms with E-state index in [1.165, 1.54) is 0 Å². The molecule has 0 fully saturated rings. The summed E-state index contributed by atoms with van der Waals surface area (Å²) in [5.74, 6) is -0.225. The number of hydrogen-bond donors (Lipinski definition) is 2. The molecule has 0 aliphatic rings. The number of carbonyl (C=O) groups is 1. The topological polar surface area (TPSA) is 67.2 Å². The molecule has 5 nitrogen and oxygen atoms in total. The Morgan fingerprint density at radius 3 is 2.72 bits per heavy atom. The number of amides is 1. The molecule has 0 saturated carbocycles. The van der Waals surface area contributed by atoms with Gasteiger partial charge in [-0.15, -0.1) is 0 Å². The summed E-state index contributed by atoms with van der Waals surface area (Å²) >= 11 is 0. The van der Waals surface area contributed by atoms with E-state index < -0.39 is 6.10 Å². The first-order chi connectivity index (χ1) is 12.1. The third-order valence-corrected chi connectivity index (χ3v) is 4.28. The first kappa shape index (κ1) is 17.2. The molecule has 130 valence electrons. The van der Waals surface area contributed by atoms with Gasteiger partial charge in [-0.3, -0.25) is 9.48 Å². The lowest BCUT2D eigenvalue weighted by atomic mass is 10.0. The molecule has 0 radical (unpaired) electrons. The van der Waals surface area contributed by atoms with E-state index >= 15 is 0 Å². The molecule has 5 heteroatoms. The number of aromatic nitrogens is 2. The van der Waals surface area contributed by atoms with Gasteiger partial charge < -0.3 is 10.4 Å². The van der Waals surface area contributed by atoms with E-state index in [2.05, 4.69) is 17.3 Å². The molecule has 1 heterocycles. The zero-order chi connectivity index (χ0) is 17.8. The molecule has 1 atom stereocenters. The minimum atomic E-state index is -0.753. The molecule has 0 aliphatic carbocycles. The number of carbonyl (C=O) groups excluding carboxylic acids is 1. The van der Waals surface area contributed by atoms with Gasteiger partial charge in [-0.1, -0.05) is 49.7 Å². The highest BCUT2D eigenvalue weighted by Crippen LogP contribution is 2.20. The van der Waals surface area contributed by atoms with Crippen molar-refractivity contribution in [3.63, 3.8) is 0 Å². The van der Waals surface area contributed by atoms with Crippen LogP contribution in [0.25, 0.3) is 10.8 Å². The van der Waals surface area contributed by atoms with Crippen LogP contribution in [0.3, 0.4) is 0 Å². The van der Waals surface area contributed by atoms with Gasteiger partial charge in [0.25, 0.3) is 5.91 Å². The van der Waals surface area contributed by atoms with Crippen molar-refractivity contribution in [2.24, 2.45) is 7.05 Å². The maximum atomic E-state index is 12.3. The molecule has 0 saturated heterocycles. The summed E-state index contributed by atoms with van der Waals surface area (Å²) < 4.78 is 1.59. The Morgan fingerprint density at radius 1 is 1.20 bits per heavy atom. The Bertz CT molecular complexity index is 886. The van der Waals surface area contributed by atoms with Gasteiger partial charge >= 0.3 is 0 Å². The minimum Gasteiger partial charge on any atom is -0.387 e. The fraction of sp³-hybridized carbons (Fsp3) is 0.300. The lowest BCUT2D eigenvalue weighted by Crippen LogP contribution is -2.29. The average molecular weight is 337 g/mol. The van der Waals surface area contributed by atoms with Gasteiger partial charge in [0.05, 0.1) is 11.8 Å². The number of rotatable bonds is 6. The fourth-order valence-electron chi connectivity index (χ4n) is 2.93. The van der Waals surface area contributed by atoms with E-state index in [1.807, 2.05) is 42.5 Å². The van der Waals surface area contributed by atoms with Crippen molar-refractivity contribution in [1.29, 1.82) is 0 Å². The van der Waals surface area contributed by atoms with Crippen molar-refractivity contribution >= 4 is 16.7 Å². The number of aliphatic hydroxyl groups excluding tert-OH is 1. The van der Waals surface area contributed by atoms with Crippen molar-refractivity contribution < 1.29 is 9.90 Å². The van der Waals surface area contributed by atoms with E-state index in [1.54, 1.807) is 17.8 Å². The van der Waals surface area contributed by atoms with Crippen molar-refractivity contribution in [2.75, 3.05) is 6.54 Å². The van der Waals surface area contributed by atoms with E-state index in [0.29, 0.717) is 5.69 Å². The molecule has 3 aromatic rings. The molecule has 0 spiro atoms. The van der Waals surface area contributed by atoms with Gasteiger partial charge in [-0.25, -0.2) is 0 Å². The van der Waals surface area contributed by atoms with E-state index in [4.69, 9.17) is 0 Å². The first-order valence-corrected chi connectivity index (χ1v) is 8.56. The standard InChI is InChI=1S/C20H23N3O2/c1-3-6-17-12-18(23(2)22-17)20(25)21-13-19(24)16-10-9-14-7-4-5-8-15(14)11-16/h4-5,7-12,19,24H,3,6,13H2,1-2H3,(H,21,25). The average Bonchev–Trinajstić information content (AvgIpc) is 2.99. The third-order valence-electron chi connectivity index (χ3n) is 4.28. The molecular weight excluding hydrogens is 314 g/mol. The van der Waals surface area contributed by atoms with E-state index in [0.717, 1.165) is 34.9 Å². The Morgan fingerprint density at radius 2 is 1.96 bits per heavy atom. The molecule has 1 unspecified atom stereocenters. The molecule has 0 bridgehead atoms. The monoisotopic (exact) mass is 337 g/mol. The van der Waals surface area contributed by atoms with Crippen LogP contribution < -0.4 is 5.32 Å². The Balaban J connectivity index is 1.66.